The molecular weight excluding hydrogens is 348 g/mol. The van der Waals surface area contributed by atoms with Crippen molar-refractivity contribution < 1.29 is 9.53 Å². The number of esters is 1. The number of nitrogens with zero attached hydrogens (tertiary/aromatic N) is 2. The molecule has 5 heteroatoms. The summed E-state index contributed by atoms with van der Waals surface area (Å²) in [6.07, 6.45) is 2.15. The standard InChI is InChI=1S/C21H21ClN2O2/c1-13-6-17(23-11-15(12-23)21(25)26-3)9-18(7-13)24-10-14(2)19-8-16(22)4-5-20(19)24/h4-10,15H,11-12H2,1-3H3. The van der Waals surface area contributed by atoms with Crippen LogP contribution in [0.2, 0.25) is 5.02 Å². The molecule has 1 aliphatic heterocycles. The molecule has 26 heavy (non-hydrogen) atoms. The first kappa shape index (κ1) is 17.0. The number of aryl methyl sites for hydroxylation is 2. The Morgan fingerprint density at radius 2 is 1.85 bits per heavy atom. The number of carbonyl (C=O) groups is 1. The van der Waals surface area contributed by atoms with E-state index in [2.05, 4.69) is 53.8 Å². The molecule has 1 aliphatic rings. The van der Waals surface area contributed by atoms with Gasteiger partial charge in [0.05, 0.1) is 18.5 Å². The van der Waals surface area contributed by atoms with E-state index in [0.717, 1.165) is 27.3 Å². The maximum atomic E-state index is 11.6. The smallest absolute Gasteiger partial charge is 0.312 e. The van der Waals surface area contributed by atoms with Gasteiger partial charge < -0.3 is 14.2 Å². The first-order valence-corrected chi connectivity index (χ1v) is 9.06. The maximum Gasteiger partial charge on any atom is 0.312 e. The summed E-state index contributed by atoms with van der Waals surface area (Å²) in [6, 6.07) is 12.5. The van der Waals surface area contributed by atoms with Crippen LogP contribution < -0.4 is 4.90 Å². The second kappa shape index (κ2) is 6.36. The lowest BCUT2D eigenvalue weighted by Gasteiger charge is -2.39. The zero-order valence-corrected chi connectivity index (χ0v) is 15.9. The molecule has 1 aromatic heterocycles. The van der Waals surface area contributed by atoms with Gasteiger partial charge >= 0.3 is 5.97 Å². The van der Waals surface area contributed by atoms with Crippen molar-refractivity contribution in [3.8, 4) is 5.69 Å². The third-order valence-electron chi connectivity index (χ3n) is 5.07. The normalized spacial score (nSPS) is 14.5. The van der Waals surface area contributed by atoms with Gasteiger partial charge in [0, 0.05) is 41.1 Å². The fourth-order valence-corrected chi connectivity index (χ4v) is 3.82. The van der Waals surface area contributed by atoms with Gasteiger partial charge in [0.15, 0.2) is 0 Å². The molecule has 0 radical (unpaired) electrons. The van der Waals surface area contributed by atoms with E-state index in [4.69, 9.17) is 16.3 Å². The number of carbonyl (C=O) groups excluding carboxylic acids is 1. The Morgan fingerprint density at radius 3 is 2.58 bits per heavy atom. The van der Waals surface area contributed by atoms with Crippen molar-refractivity contribution >= 4 is 34.2 Å². The molecular formula is C21H21ClN2O2. The predicted molar refractivity (Wildman–Crippen MR) is 105 cm³/mol. The van der Waals surface area contributed by atoms with Crippen molar-refractivity contribution in [1.82, 2.24) is 4.57 Å². The number of hydrogen-bond donors (Lipinski definition) is 0. The van der Waals surface area contributed by atoms with Crippen molar-refractivity contribution in [3.05, 3.63) is 58.7 Å². The molecule has 0 amide bonds. The van der Waals surface area contributed by atoms with Crippen LogP contribution in [-0.2, 0) is 9.53 Å². The summed E-state index contributed by atoms with van der Waals surface area (Å²) in [5, 5.41) is 1.91. The Balaban J connectivity index is 1.71. The van der Waals surface area contributed by atoms with E-state index in [9.17, 15) is 4.79 Å². The molecule has 2 aromatic carbocycles. The second-order valence-electron chi connectivity index (χ2n) is 7.00. The monoisotopic (exact) mass is 368 g/mol. The lowest BCUT2D eigenvalue weighted by Crippen LogP contribution is -2.50. The zero-order chi connectivity index (χ0) is 18.4. The van der Waals surface area contributed by atoms with Crippen LogP contribution in [0.15, 0.2) is 42.6 Å². The van der Waals surface area contributed by atoms with Crippen LogP contribution in [0.4, 0.5) is 5.69 Å². The van der Waals surface area contributed by atoms with E-state index in [1.807, 2.05) is 12.1 Å². The fourth-order valence-electron chi connectivity index (χ4n) is 3.65. The number of benzene rings is 2. The van der Waals surface area contributed by atoms with E-state index in [0.29, 0.717) is 13.1 Å². The van der Waals surface area contributed by atoms with Gasteiger partial charge in [-0.3, -0.25) is 4.79 Å². The molecule has 4 rings (SSSR count). The Bertz CT molecular complexity index is 1000. The van der Waals surface area contributed by atoms with Gasteiger partial charge in [-0.1, -0.05) is 11.6 Å². The number of halogens is 1. The molecule has 1 saturated heterocycles. The lowest BCUT2D eigenvalue weighted by atomic mass is 9.99. The SMILES string of the molecule is COC(=O)C1CN(c2cc(C)cc(-n3cc(C)c4cc(Cl)ccc43)c2)C1. The molecule has 3 aromatic rings. The first-order valence-electron chi connectivity index (χ1n) is 8.68. The Labute approximate surface area is 157 Å². The molecule has 134 valence electrons. The molecule has 0 aliphatic carbocycles. The summed E-state index contributed by atoms with van der Waals surface area (Å²) < 4.78 is 7.04. The average molecular weight is 369 g/mol. The van der Waals surface area contributed by atoms with Crippen LogP contribution in [-0.4, -0.2) is 30.7 Å². The molecule has 0 atom stereocenters. The topological polar surface area (TPSA) is 34.5 Å². The molecule has 1 fully saturated rings. The second-order valence-corrected chi connectivity index (χ2v) is 7.43. The summed E-state index contributed by atoms with van der Waals surface area (Å²) in [5.74, 6) is -0.154. The minimum absolute atomic E-state index is 0.0271. The largest absolute Gasteiger partial charge is 0.469 e. The van der Waals surface area contributed by atoms with Crippen molar-refractivity contribution in [1.29, 1.82) is 0 Å². The molecule has 0 saturated carbocycles. The Kier molecular flexibility index (Phi) is 4.16. The molecule has 2 heterocycles. The highest BCUT2D eigenvalue weighted by Crippen LogP contribution is 2.32. The zero-order valence-electron chi connectivity index (χ0n) is 15.1. The third-order valence-corrected chi connectivity index (χ3v) is 5.31. The Hall–Kier alpha value is -2.46. The quantitative estimate of drug-likeness (QED) is 0.638. The number of anilines is 1. The van der Waals surface area contributed by atoms with E-state index in [1.54, 1.807) is 0 Å². The van der Waals surface area contributed by atoms with Crippen molar-refractivity contribution in [2.75, 3.05) is 25.1 Å². The van der Waals surface area contributed by atoms with Gasteiger partial charge in [0.25, 0.3) is 0 Å². The average Bonchev–Trinajstić information content (AvgIpc) is 2.89. The molecule has 0 bridgehead atoms. The number of fused-ring (bicyclic) bond motifs is 1. The van der Waals surface area contributed by atoms with Crippen LogP contribution in [0, 0.1) is 19.8 Å². The molecule has 0 unspecified atom stereocenters. The van der Waals surface area contributed by atoms with E-state index < -0.39 is 0 Å². The van der Waals surface area contributed by atoms with Gasteiger partial charge in [-0.15, -0.1) is 0 Å². The van der Waals surface area contributed by atoms with Gasteiger partial charge in [0.1, 0.15) is 0 Å². The first-order chi connectivity index (χ1) is 12.5. The number of rotatable bonds is 3. The fraction of sp³-hybridized carbons (Fsp3) is 0.286. The van der Waals surface area contributed by atoms with Crippen molar-refractivity contribution in [2.45, 2.75) is 13.8 Å². The van der Waals surface area contributed by atoms with E-state index >= 15 is 0 Å². The van der Waals surface area contributed by atoms with E-state index in [-0.39, 0.29) is 11.9 Å². The van der Waals surface area contributed by atoms with Gasteiger partial charge in [0.2, 0.25) is 0 Å². The third kappa shape index (κ3) is 2.84. The minimum atomic E-state index is -0.127. The van der Waals surface area contributed by atoms with Gasteiger partial charge in [-0.05, 0) is 61.4 Å². The highest BCUT2D eigenvalue weighted by molar-refractivity contribution is 6.31. The lowest BCUT2D eigenvalue weighted by molar-refractivity contribution is -0.146. The van der Waals surface area contributed by atoms with Crippen molar-refractivity contribution in [3.63, 3.8) is 0 Å². The van der Waals surface area contributed by atoms with Gasteiger partial charge in [-0.25, -0.2) is 0 Å². The maximum absolute atomic E-state index is 11.6. The summed E-state index contributed by atoms with van der Waals surface area (Å²) in [6.45, 7) is 5.61. The number of hydrogen-bond acceptors (Lipinski definition) is 3. The van der Waals surface area contributed by atoms with E-state index in [1.165, 1.54) is 18.2 Å². The van der Waals surface area contributed by atoms with Crippen LogP contribution in [0.3, 0.4) is 0 Å². The minimum Gasteiger partial charge on any atom is -0.469 e. The summed E-state index contributed by atoms with van der Waals surface area (Å²) in [7, 11) is 1.45. The van der Waals surface area contributed by atoms with Crippen LogP contribution in [0.1, 0.15) is 11.1 Å². The molecule has 0 N–H and O–H groups in total. The summed E-state index contributed by atoms with van der Waals surface area (Å²) >= 11 is 6.16. The summed E-state index contributed by atoms with van der Waals surface area (Å²) in [5.41, 5.74) is 5.77. The summed E-state index contributed by atoms with van der Waals surface area (Å²) in [4.78, 5) is 13.9. The number of methoxy groups -OCH3 is 1. The molecule has 4 nitrogen and oxygen atoms in total. The van der Waals surface area contributed by atoms with Crippen LogP contribution >= 0.6 is 11.6 Å². The predicted octanol–water partition coefficient (Wildman–Crippen LogP) is 4.51. The Morgan fingerprint density at radius 1 is 1.12 bits per heavy atom. The van der Waals surface area contributed by atoms with Crippen LogP contribution in [0.25, 0.3) is 16.6 Å². The highest BCUT2D eigenvalue weighted by atomic mass is 35.5. The van der Waals surface area contributed by atoms with Crippen molar-refractivity contribution in [2.24, 2.45) is 5.92 Å². The van der Waals surface area contributed by atoms with Crippen LogP contribution in [0.5, 0.6) is 0 Å². The van der Waals surface area contributed by atoms with Gasteiger partial charge in [-0.2, -0.15) is 0 Å². The number of ether oxygens (including phenoxy) is 1. The molecule has 0 spiro atoms. The number of aromatic nitrogens is 1. The highest BCUT2D eigenvalue weighted by Gasteiger charge is 2.33.